The SMILES string of the molecule is CC1CCN(C(CNC(=O)C2Cc3ccccc3S2)c2cccs2)CC1. The van der Waals surface area contributed by atoms with E-state index in [0.29, 0.717) is 12.6 Å². The number of benzene rings is 1. The number of hydrogen-bond acceptors (Lipinski definition) is 4. The molecule has 1 N–H and O–H groups in total. The van der Waals surface area contributed by atoms with Crippen LogP contribution in [0.15, 0.2) is 46.7 Å². The first-order valence-electron chi connectivity index (χ1n) is 9.50. The number of rotatable bonds is 5. The van der Waals surface area contributed by atoms with E-state index in [1.54, 1.807) is 23.1 Å². The van der Waals surface area contributed by atoms with Crippen LogP contribution in [0.5, 0.6) is 0 Å². The van der Waals surface area contributed by atoms with E-state index < -0.39 is 0 Å². The molecule has 138 valence electrons. The van der Waals surface area contributed by atoms with Gasteiger partial charge in [0.15, 0.2) is 0 Å². The summed E-state index contributed by atoms with van der Waals surface area (Å²) < 4.78 is 0. The number of fused-ring (bicyclic) bond motifs is 1. The lowest BCUT2D eigenvalue weighted by Gasteiger charge is -2.36. The van der Waals surface area contributed by atoms with Gasteiger partial charge in [-0.1, -0.05) is 31.2 Å². The monoisotopic (exact) mass is 386 g/mol. The van der Waals surface area contributed by atoms with E-state index in [-0.39, 0.29) is 11.2 Å². The molecule has 2 atom stereocenters. The molecule has 2 aliphatic heterocycles. The number of thioether (sulfide) groups is 1. The molecule has 1 fully saturated rings. The highest BCUT2D eigenvalue weighted by atomic mass is 32.2. The van der Waals surface area contributed by atoms with Crippen molar-refractivity contribution in [3.05, 3.63) is 52.2 Å². The van der Waals surface area contributed by atoms with Gasteiger partial charge in [-0.25, -0.2) is 0 Å². The summed E-state index contributed by atoms with van der Waals surface area (Å²) in [6.45, 7) is 5.31. The lowest BCUT2D eigenvalue weighted by Crippen LogP contribution is -2.43. The second kappa shape index (κ2) is 8.15. The van der Waals surface area contributed by atoms with Crippen molar-refractivity contribution < 1.29 is 4.79 Å². The molecule has 0 saturated carbocycles. The fraction of sp³-hybridized carbons (Fsp3) is 0.476. The molecule has 0 aliphatic carbocycles. The smallest absolute Gasteiger partial charge is 0.233 e. The van der Waals surface area contributed by atoms with Gasteiger partial charge in [-0.3, -0.25) is 9.69 Å². The molecular weight excluding hydrogens is 360 g/mol. The van der Waals surface area contributed by atoms with Crippen molar-refractivity contribution in [1.82, 2.24) is 10.2 Å². The maximum Gasteiger partial charge on any atom is 0.233 e. The highest BCUT2D eigenvalue weighted by molar-refractivity contribution is 8.01. The molecule has 2 aromatic rings. The van der Waals surface area contributed by atoms with Crippen molar-refractivity contribution in [2.75, 3.05) is 19.6 Å². The fourth-order valence-corrected chi connectivity index (χ4v) is 5.95. The molecule has 3 nitrogen and oxygen atoms in total. The molecule has 1 aromatic carbocycles. The third kappa shape index (κ3) is 4.00. The van der Waals surface area contributed by atoms with Crippen molar-refractivity contribution in [2.24, 2.45) is 5.92 Å². The predicted molar refractivity (Wildman–Crippen MR) is 110 cm³/mol. The summed E-state index contributed by atoms with van der Waals surface area (Å²) in [4.78, 5) is 18.0. The zero-order valence-corrected chi connectivity index (χ0v) is 16.8. The zero-order chi connectivity index (χ0) is 17.9. The van der Waals surface area contributed by atoms with Gasteiger partial charge in [-0.05, 0) is 61.3 Å². The van der Waals surface area contributed by atoms with Crippen LogP contribution in [0, 0.1) is 5.92 Å². The minimum atomic E-state index is 0.0118. The third-order valence-electron chi connectivity index (χ3n) is 5.54. The molecule has 1 amide bonds. The zero-order valence-electron chi connectivity index (χ0n) is 15.2. The van der Waals surface area contributed by atoms with Crippen LogP contribution in [0.1, 0.15) is 36.2 Å². The van der Waals surface area contributed by atoms with Crippen LogP contribution in [0.2, 0.25) is 0 Å². The maximum absolute atomic E-state index is 12.8. The van der Waals surface area contributed by atoms with E-state index >= 15 is 0 Å². The van der Waals surface area contributed by atoms with E-state index in [0.717, 1.165) is 25.4 Å². The number of carbonyl (C=O) groups is 1. The lowest BCUT2D eigenvalue weighted by atomic mass is 9.97. The predicted octanol–water partition coefficient (Wildman–Crippen LogP) is 4.35. The molecule has 5 heteroatoms. The van der Waals surface area contributed by atoms with Crippen LogP contribution < -0.4 is 5.32 Å². The minimum Gasteiger partial charge on any atom is -0.353 e. The summed E-state index contributed by atoms with van der Waals surface area (Å²) >= 11 is 3.51. The lowest BCUT2D eigenvalue weighted by molar-refractivity contribution is -0.120. The van der Waals surface area contributed by atoms with E-state index in [9.17, 15) is 4.79 Å². The highest BCUT2D eigenvalue weighted by Crippen LogP contribution is 2.37. The van der Waals surface area contributed by atoms with Gasteiger partial charge in [0.25, 0.3) is 0 Å². The fourth-order valence-electron chi connectivity index (χ4n) is 3.87. The Labute approximate surface area is 164 Å². The number of nitrogens with zero attached hydrogens (tertiary/aromatic N) is 1. The minimum absolute atomic E-state index is 0.0118. The van der Waals surface area contributed by atoms with Gasteiger partial charge in [0.1, 0.15) is 0 Å². The Morgan fingerprint density at radius 1 is 1.23 bits per heavy atom. The molecular formula is C21H26N2OS2. The van der Waals surface area contributed by atoms with E-state index in [4.69, 9.17) is 0 Å². The second-order valence-electron chi connectivity index (χ2n) is 7.41. The summed E-state index contributed by atoms with van der Waals surface area (Å²) in [5.74, 6) is 0.997. The number of likely N-dealkylation sites (tertiary alicyclic amines) is 1. The number of carbonyl (C=O) groups excluding carboxylic acids is 1. The summed E-state index contributed by atoms with van der Waals surface area (Å²) in [5, 5.41) is 5.41. The summed E-state index contributed by atoms with van der Waals surface area (Å²) in [5.41, 5.74) is 1.30. The normalized spacial score (nSPS) is 22.1. The van der Waals surface area contributed by atoms with Gasteiger partial charge in [-0.15, -0.1) is 23.1 Å². The van der Waals surface area contributed by atoms with E-state index in [2.05, 4.69) is 58.9 Å². The molecule has 0 bridgehead atoms. The van der Waals surface area contributed by atoms with Gasteiger partial charge in [0.05, 0.1) is 11.3 Å². The van der Waals surface area contributed by atoms with E-state index in [1.807, 2.05) is 0 Å². The van der Waals surface area contributed by atoms with Gasteiger partial charge < -0.3 is 5.32 Å². The molecule has 0 spiro atoms. The van der Waals surface area contributed by atoms with Crippen molar-refractivity contribution >= 4 is 29.0 Å². The van der Waals surface area contributed by atoms with Gasteiger partial charge >= 0.3 is 0 Å². The molecule has 1 saturated heterocycles. The molecule has 0 radical (unpaired) electrons. The van der Waals surface area contributed by atoms with Crippen LogP contribution in [0.25, 0.3) is 0 Å². The van der Waals surface area contributed by atoms with Crippen LogP contribution >= 0.6 is 23.1 Å². The highest BCUT2D eigenvalue weighted by Gasteiger charge is 2.30. The Morgan fingerprint density at radius 2 is 2.04 bits per heavy atom. The molecule has 1 aromatic heterocycles. The molecule has 4 rings (SSSR count). The third-order valence-corrected chi connectivity index (χ3v) is 7.83. The molecule has 3 heterocycles. The van der Waals surface area contributed by atoms with Crippen molar-refractivity contribution in [3.63, 3.8) is 0 Å². The van der Waals surface area contributed by atoms with Crippen LogP contribution in [-0.2, 0) is 11.2 Å². The Kier molecular flexibility index (Phi) is 5.67. The quantitative estimate of drug-likeness (QED) is 0.829. The average molecular weight is 387 g/mol. The summed E-state index contributed by atoms with van der Waals surface area (Å²) in [7, 11) is 0. The van der Waals surface area contributed by atoms with E-state index in [1.165, 1.54) is 28.2 Å². The largest absolute Gasteiger partial charge is 0.353 e. The first-order chi connectivity index (χ1) is 12.7. The summed E-state index contributed by atoms with van der Waals surface area (Å²) in [6, 6.07) is 13.0. The first kappa shape index (κ1) is 18.1. The van der Waals surface area contributed by atoms with Crippen LogP contribution in [-0.4, -0.2) is 35.7 Å². The Hall–Kier alpha value is -1.30. The number of thiophene rings is 1. The molecule has 26 heavy (non-hydrogen) atoms. The van der Waals surface area contributed by atoms with Gasteiger partial charge in [-0.2, -0.15) is 0 Å². The first-order valence-corrected chi connectivity index (χ1v) is 11.3. The molecule has 2 aliphatic rings. The van der Waals surface area contributed by atoms with Crippen molar-refractivity contribution in [1.29, 1.82) is 0 Å². The van der Waals surface area contributed by atoms with Gasteiger partial charge in [0.2, 0.25) is 5.91 Å². The Balaban J connectivity index is 1.38. The average Bonchev–Trinajstić information content (AvgIpc) is 3.33. The van der Waals surface area contributed by atoms with Crippen molar-refractivity contribution in [2.45, 2.75) is 42.4 Å². The number of amides is 1. The number of nitrogens with one attached hydrogen (secondary N) is 1. The summed E-state index contributed by atoms with van der Waals surface area (Å²) in [6.07, 6.45) is 3.35. The Bertz CT molecular complexity index is 713. The van der Waals surface area contributed by atoms with Crippen LogP contribution in [0.4, 0.5) is 0 Å². The molecule has 2 unspecified atom stereocenters. The van der Waals surface area contributed by atoms with Crippen LogP contribution in [0.3, 0.4) is 0 Å². The standard InChI is InChI=1S/C21H26N2OS2/c1-15-8-10-23(11-9-15)17(19-7-4-12-25-19)14-22-21(24)20-13-16-5-2-3-6-18(16)26-20/h2-7,12,15,17,20H,8-11,13-14H2,1H3,(H,22,24). The maximum atomic E-state index is 12.8. The van der Waals surface area contributed by atoms with Gasteiger partial charge in [0, 0.05) is 16.3 Å². The Morgan fingerprint density at radius 3 is 2.77 bits per heavy atom. The number of hydrogen-bond donors (Lipinski definition) is 1. The second-order valence-corrected chi connectivity index (χ2v) is 9.64. The topological polar surface area (TPSA) is 32.3 Å². The van der Waals surface area contributed by atoms with Crippen molar-refractivity contribution in [3.8, 4) is 0 Å². The number of piperidine rings is 1.